The van der Waals surface area contributed by atoms with Crippen molar-refractivity contribution in [2.45, 2.75) is 19.8 Å². The minimum Gasteiger partial charge on any atom is -0.355 e. The highest BCUT2D eigenvalue weighted by molar-refractivity contribution is 5.96. The monoisotopic (exact) mass is 231 g/mol. The van der Waals surface area contributed by atoms with Crippen molar-refractivity contribution in [2.75, 3.05) is 18.0 Å². The number of amides is 2. The van der Waals surface area contributed by atoms with Gasteiger partial charge >= 0.3 is 0 Å². The standard InChI is InChI=1S/C13H15N2O2/c1-10(16)14-8-9-15-12-5-3-2-4-11(12)6-7-13(15)17/h2,4-5H,6-9H2,1H3,(H,14,16). The molecule has 1 heterocycles. The zero-order chi connectivity index (χ0) is 12.3. The summed E-state index contributed by atoms with van der Waals surface area (Å²) in [6.45, 7) is 2.47. The molecule has 2 rings (SSSR count). The average Bonchev–Trinajstić information content (AvgIpc) is 2.32. The Morgan fingerprint density at radius 2 is 2.35 bits per heavy atom. The average molecular weight is 231 g/mol. The summed E-state index contributed by atoms with van der Waals surface area (Å²) in [4.78, 5) is 24.4. The van der Waals surface area contributed by atoms with Crippen LogP contribution in [0.25, 0.3) is 0 Å². The van der Waals surface area contributed by atoms with Crippen molar-refractivity contribution in [3.05, 3.63) is 29.8 Å². The van der Waals surface area contributed by atoms with Crippen molar-refractivity contribution < 1.29 is 9.59 Å². The molecule has 1 radical (unpaired) electrons. The SMILES string of the molecule is CC(=O)NCCN1C(=O)CCc2cc[c]cc21. The quantitative estimate of drug-likeness (QED) is 0.840. The fraction of sp³-hybridized carbons (Fsp3) is 0.385. The van der Waals surface area contributed by atoms with Gasteiger partial charge in [-0.1, -0.05) is 12.1 Å². The normalized spacial score (nSPS) is 14.4. The molecule has 4 nitrogen and oxygen atoms in total. The number of rotatable bonds is 3. The van der Waals surface area contributed by atoms with Gasteiger partial charge in [0.05, 0.1) is 0 Å². The molecule has 1 N–H and O–H groups in total. The van der Waals surface area contributed by atoms with Gasteiger partial charge in [0.25, 0.3) is 0 Å². The van der Waals surface area contributed by atoms with Crippen LogP contribution in [0.4, 0.5) is 5.69 Å². The molecule has 1 aliphatic rings. The first-order valence-electron chi connectivity index (χ1n) is 5.72. The summed E-state index contributed by atoms with van der Waals surface area (Å²) in [6.07, 6.45) is 1.33. The number of benzene rings is 1. The third kappa shape index (κ3) is 2.64. The van der Waals surface area contributed by atoms with Gasteiger partial charge in [-0.25, -0.2) is 0 Å². The number of aryl methyl sites for hydroxylation is 1. The zero-order valence-corrected chi connectivity index (χ0v) is 9.82. The molecule has 4 heteroatoms. The summed E-state index contributed by atoms with van der Waals surface area (Å²) in [5.41, 5.74) is 2.10. The molecule has 1 aromatic rings. The lowest BCUT2D eigenvalue weighted by Crippen LogP contribution is -2.40. The van der Waals surface area contributed by atoms with E-state index in [2.05, 4.69) is 11.4 Å². The number of hydrogen-bond acceptors (Lipinski definition) is 2. The Kier molecular flexibility index (Phi) is 3.42. The third-order valence-electron chi connectivity index (χ3n) is 2.84. The summed E-state index contributed by atoms with van der Waals surface area (Å²) >= 11 is 0. The fourth-order valence-electron chi connectivity index (χ4n) is 2.02. The predicted octanol–water partition coefficient (Wildman–Crippen LogP) is 0.902. The molecule has 17 heavy (non-hydrogen) atoms. The van der Waals surface area contributed by atoms with Crippen LogP contribution in [0.1, 0.15) is 18.9 Å². The van der Waals surface area contributed by atoms with Crippen LogP contribution in [0.3, 0.4) is 0 Å². The highest BCUT2D eigenvalue weighted by Crippen LogP contribution is 2.26. The van der Waals surface area contributed by atoms with E-state index in [-0.39, 0.29) is 11.8 Å². The van der Waals surface area contributed by atoms with E-state index in [9.17, 15) is 9.59 Å². The lowest BCUT2D eigenvalue weighted by Gasteiger charge is -2.29. The fourth-order valence-corrected chi connectivity index (χ4v) is 2.02. The van der Waals surface area contributed by atoms with Crippen LogP contribution in [-0.4, -0.2) is 24.9 Å². The number of carbonyl (C=O) groups excluding carboxylic acids is 2. The van der Waals surface area contributed by atoms with Crippen LogP contribution in [0.2, 0.25) is 0 Å². The van der Waals surface area contributed by atoms with Gasteiger partial charge in [-0.2, -0.15) is 0 Å². The van der Waals surface area contributed by atoms with Gasteiger partial charge in [0, 0.05) is 32.1 Å². The molecule has 0 saturated heterocycles. The van der Waals surface area contributed by atoms with E-state index >= 15 is 0 Å². The van der Waals surface area contributed by atoms with Crippen LogP contribution < -0.4 is 10.2 Å². The molecular weight excluding hydrogens is 216 g/mol. The van der Waals surface area contributed by atoms with Gasteiger partial charge in [-0.3, -0.25) is 9.59 Å². The largest absolute Gasteiger partial charge is 0.355 e. The number of nitrogens with zero attached hydrogens (tertiary/aromatic N) is 1. The predicted molar refractivity (Wildman–Crippen MR) is 64.6 cm³/mol. The van der Waals surface area contributed by atoms with Gasteiger partial charge < -0.3 is 10.2 Å². The first kappa shape index (κ1) is 11.6. The lowest BCUT2D eigenvalue weighted by molar-refractivity contribution is -0.120. The van der Waals surface area contributed by atoms with E-state index in [4.69, 9.17) is 0 Å². The van der Waals surface area contributed by atoms with Crippen molar-refractivity contribution in [2.24, 2.45) is 0 Å². The Morgan fingerprint density at radius 1 is 1.53 bits per heavy atom. The van der Waals surface area contributed by atoms with Crippen molar-refractivity contribution in [1.29, 1.82) is 0 Å². The summed E-state index contributed by atoms with van der Waals surface area (Å²) in [7, 11) is 0. The number of carbonyl (C=O) groups is 2. The topological polar surface area (TPSA) is 49.4 Å². The number of anilines is 1. The maximum Gasteiger partial charge on any atom is 0.227 e. The molecule has 0 spiro atoms. The molecule has 0 aromatic heterocycles. The Hall–Kier alpha value is -1.84. The Labute approximate surface area is 101 Å². The maximum absolute atomic E-state index is 11.8. The van der Waals surface area contributed by atoms with Gasteiger partial charge in [0.15, 0.2) is 0 Å². The summed E-state index contributed by atoms with van der Waals surface area (Å²) in [5, 5.41) is 2.70. The Morgan fingerprint density at radius 3 is 3.12 bits per heavy atom. The van der Waals surface area contributed by atoms with E-state index in [1.54, 1.807) is 4.90 Å². The van der Waals surface area contributed by atoms with Gasteiger partial charge in [0.2, 0.25) is 11.8 Å². The molecule has 89 valence electrons. The molecule has 1 aromatic carbocycles. The van der Waals surface area contributed by atoms with Crippen molar-refractivity contribution >= 4 is 17.5 Å². The van der Waals surface area contributed by atoms with Gasteiger partial charge in [-0.05, 0) is 24.1 Å². The van der Waals surface area contributed by atoms with Gasteiger partial charge in [-0.15, -0.1) is 0 Å². The van der Waals surface area contributed by atoms with Crippen molar-refractivity contribution in [1.82, 2.24) is 5.32 Å². The Bertz CT molecular complexity index is 443. The van der Waals surface area contributed by atoms with E-state index in [1.807, 2.05) is 18.2 Å². The highest BCUT2D eigenvalue weighted by Gasteiger charge is 2.22. The maximum atomic E-state index is 11.8. The van der Waals surface area contributed by atoms with Gasteiger partial charge in [0.1, 0.15) is 0 Å². The summed E-state index contributed by atoms with van der Waals surface area (Å²) in [5.74, 6) is 0.0387. The minimum atomic E-state index is -0.0747. The van der Waals surface area contributed by atoms with E-state index in [1.165, 1.54) is 12.5 Å². The molecule has 0 aliphatic carbocycles. The minimum absolute atomic E-state index is 0.0747. The molecule has 0 unspecified atom stereocenters. The molecule has 0 fully saturated rings. The molecular formula is C13H15N2O2. The molecule has 1 aliphatic heterocycles. The number of nitrogens with one attached hydrogen (secondary N) is 1. The second kappa shape index (κ2) is 4.99. The number of hydrogen-bond donors (Lipinski definition) is 1. The first-order valence-corrected chi connectivity index (χ1v) is 5.72. The second-order valence-corrected chi connectivity index (χ2v) is 4.08. The summed E-state index contributed by atoms with van der Waals surface area (Å²) < 4.78 is 0. The third-order valence-corrected chi connectivity index (χ3v) is 2.84. The van der Waals surface area contributed by atoms with E-state index < -0.39 is 0 Å². The molecule has 0 bridgehead atoms. The van der Waals surface area contributed by atoms with Crippen LogP contribution in [-0.2, 0) is 16.0 Å². The van der Waals surface area contributed by atoms with E-state index in [0.29, 0.717) is 19.5 Å². The second-order valence-electron chi connectivity index (χ2n) is 4.08. The zero-order valence-electron chi connectivity index (χ0n) is 9.82. The lowest BCUT2D eigenvalue weighted by atomic mass is 10.0. The Balaban J connectivity index is 2.10. The van der Waals surface area contributed by atoms with Crippen molar-refractivity contribution in [3.8, 4) is 0 Å². The smallest absolute Gasteiger partial charge is 0.227 e. The van der Waals surface area contributed by atoms with Crippen LogP contribution in [0.5, 0.6) is 0 Å². The highest BCUT2D eigenvalue weighted by atomic mass is 16.2. The molecule has 0 saturated carbocycles. The van der Waals surface area contributed by atoms with Crippen LogP contribution in [0.15, 0.2) is 18.2 Å². The molecule has 0 atom stereocenters. The van der Waals surface area contributed by atoms with E-state index in [0.717, 1.165) is 12.1 Å². The van der Waals surface area contributed by atoms with Crippen LogP contribution >= 0.6 is 0 Å². The summed E-state index contributed by atoms with van der Waals surface area (Å²) in [6, 6.07) is 8.68. The molecule has 2 amide bonds. The first-order chi connectivity index (χ1) is 8.18. The van der Waals surface area contributed by atoms with Crippen molar-refractivity contribution in [3.63, 3.8) is 0 Å². The number of fused-ring (bicyclic) bond motifs is 1. The van der Waals surface area contributed by atoms with Crippen LogP contribution in [0, 0.1) is 6.07 Å².